The van der Waals surface area contributed by atoms with Gasteiger partial charge in [-0.2, -0.15) is 13.2 Å². The third kappa shape index (κ3) is 3.50. The van der Waals surface area contributed by atoms with Crippen LogP contribution in [0, 0.1) is 0 Å². The van der Waals surface area contributed by atoms with Gasteiger partial charge in [-0.05, 0) is 55.5 Å². The number of alkyl halides is 3. The van der Waals surface area contributed by atoms with Crippen molar-refractivity contribution >= 4 is 11.8 Å². The molecule has 2 atom stereocenters. The second kappa shape index (κ2) is 6.90. The minimum Gasteiger partial charge on any atom is -0.338 e. The van der Waals surface area contributed by atoms with E-state index in [4.69, 9.17) is 0 Å². The first-order valence-electron chi connectivity index (χ1n) is 9.58. The molecule has 1 fully saturated rings. The Morgan fingerprint density at radius 3 is 2.69 bits per heavy atom. The fraction of sp³-hybridized carbons (Fsp3) is 0.364. The first-order valence-corrected chi connectivity index (χ1v) is 9.58. The van der Waals surface area contributed by atoms with Crippen molar-refractivity contribution in [1.29, 1.82) is 0 Å². The number of carbonyl (C=O) groups excluding carboxylic acids is 2. The van der Waals surface area contributed by atoms with Crippen molar-refractivity contribution in [1.82, 2.24) is 10.2 Å². The topological polar surface area (TPSA) is 49.4 Å². The number of amides is 2. The SMILES string of the molecule is CC1(NC(=O)c2cccc(C(F)(F)F)c2)CCN(C2CCc3ccccc32)C1=O. The van der Waals surface area contributed by atoms with E-state index in [9.17, 15) is 22.8 Å². The molecule has 0 bridgehead atoms. The van der Waals surface area contributed by atoms with Crippen LogP contribution >= 0.6 is 0 Å². The number of rotatable bonds is 3. The largest absolute Gasteiger partial charge is 0.416 e. The highest BCUT2D eigenvalue weighted by atomic mass is 19.4. The first kappa shape index (κ1) is 19.5. The summed E-state index contributed by atoms with van der Waals surface area (Å²) in [6.45, 7) is 2.14. The molecule has 1 aliphatic heterocycles. The lowest BCUT2D eigenvalue weighted by Gasteiger charge is -2.29. The van der Waals surface area contributed by atoms with Gasteiger partial charge in [0.25, 0.3) is 5.91 Å². The molecule has 1 aliphatic carbocycles. The van der Waals surface area contributed by atoms with Crippen molar-refractivity contribution in [2.45, 2.75) is 43.9 Å². The Morgan fingerprint density at radius 2 is 1.93 bits per heavy atom. The zero-order chi connectivity index (χ0) is 20.8. The number of nitrogens with one attached hydrogen (secondary N) is 1. The summed E-state index contributed by atoms with van der Waals surface area (Å²) in [5.41, 5.74) is 0.222. The van der Waals surface area contributed by atoms with Gasteiger partial charge in [0, 0.05) is 12.1 Å². The standard InChI is InChI=1S/C22H21F3N2O2/c1-21(26-19(28)15-6-4-7-16(13-15)22(23,24)25)11-12-27(20(21)29)18-10-9-14-5-2-3-8-17(14)18/h2-8,13,18H,9-12H2,1H3,(H,26,28). The van der Waals surface area contributed by atoms with Crippen LogP contribution in [0.3, 0.4) is 0 Å². The third-order valence-corrected chi connectivity index (χ3v) is 5.90. The van der Waals surface area contributed by atoms with Crippen LogP contribution < -0.4 is 5.32 Å². The number of fused-ring (bicyclic) bond motifs is 1. The van der Waals surface area contributed by atoms with Gasteiger partial charge in [-0.1, -0.05) is 30.3 Å². The lowest BCUT2D eigenvalue weighted by atomic mass is 9.99. The highest BCUT2D eigenvalue weighted by molar-refractivity contribution is 6.00. The number of halogens is 3. The molecule has 1 heterocycles. The van der Waals surface area contributed by atoms with Gasteiger partial charge in [-0.3, -0.25) is 9.59 Å². The average molecular weight is 402 g/mol. The number of hydrogen-bond donors (Lipinski definition) is 1. The van der Waals surface area contributed by atoms with Gasteiger partial charge in [-0.25, -0.2) is 0 Å². The van der Waals surface area contributed by atoms with Gasteiger partial charge < -0.3 is 10.2 Å². The number of carbonyl (C=O) groups is 2. The molecule has 0 aromatic heterocycles. The Labute approximate surface area is 166 Å². The number of benzene rings is 2. The van der Waals surface area contributed by atoms with Gasteiger partial charge in [0.15, 0.2) is 0 Å². The number of nitrogens with zero attached hydrogens (tertiary/aromatic N) is 1. The molecular weight excluding hydrogens is 381 g/mol. The van der Waals surface area contributed by atoms with E-state index in [2.05, 4.69) is 11.4 Å². The van der Waals surface area contributed by atoms with Crippen LogP contribution in [0.1, 0.15) is 52.9 Å². The van der Waals surface area contributed by atoms with Crippen LogP contribution in [0.5, 0.6) is 0 Å². The summed E-state index contributed by atoms with van der Waals surface area (Å²) < 4.78 is 38.8. The van der Waals surface area contributed by atoms with Crippen molar-refractivity contribution in [3.63, 3.8) is 0 Å². The lowest BCUT2D eigenvalue weighted by Crippen LogP contribution is -2.52. The molecule has 152 valence electrons. The van der Waals surface area contributed by atoms with Crippen LogP contribution in [0.25, 0.3) is 0 Å². The molecule has 7 heteroatoms. The van der Waals surface area contributed by atoms with E-state index in [-0.39, 0.29) is 17.5 Å². The highest BCUT2D eigenvalue weighted by Gasteiger charge is 2.47. The minimum absolute atomic E-state index is 0.0222. The average Bonchev–Trinajstić information content (AvgIpc) is 3.23. The summed E-state index contributed by atoms with van der Waals surface area (Å²) >= 11 is 0. The van der Waals surface area contributed by atoms with Gasteiger partial charge in [0.2, 0.25) is 5.91 Å². The molecule has 4 nitrogen and oxygen atoms in total. The molecule has 2 aliphatic rings. The van der Waals surface area contributed by atoms with E-state index < -0.39 is 23.2 Å². The van der Waals surface area contributed by atoms with Crippen LogP contribution in [-0.4, -0.2) is 28.8 Å². The van der Waals surface area contributed by atoms with Crippen LogP contribution in [0.2, 0.25) is 0 Å². The lowest BCUT2D eigenvalue weighted by molar-refractivity contribution is -0.137. The monoisotopic (exact) mass is 402 g/mol. The maximum absolute atomic E-state index is 13.1. The maximum Gasteiger partial charge on any atom is 0.416 e. The van der Waals surface area contributed by atoms with E-state index in [1.54, 1.807) is 11.8 Å². The third-order valence-electron chi connectivity index (χ3n) is 5.90. The molecule has 4 rings (SSSR count). The molecule has 0 saturated carbocycles. The predicted molar refractivity (Wildman–Crippen MR) is 101 cm³/mol. The summed E-state index contributed by atoms with van der Waals surface area (Å²) in [7, 11) is 0. The molecular formula is C22H21F3N2O2. The molecule has 29 heavy (non-hydrogen) atoms. The molecule has 2 amide bonds. The van der Waals surface area contributed by atoms with Gasteiger partial charge in [0.05, 0.1) is 11.6 Å². The maximum atomic E-state index is 13.1. The second-order valence-electron chi connectivity index (χ2n) is 7.87. The Morgan fingerprint density at radius 1 is 1.17 bits per heavy atom. The fourth-order valence-electron chi connectivity index (χ4n) is 4.30. The van der Waals surface area contributed by atoms with Crippen LogP contribution in [-0.2, 0) is 17.4 Å². The summed E-state index contributed by atoms with van der Waals surface area (Å²) in [5, 5.41) is 2.68. The fourth-order valence-corrected chi connectivity index (χ4v) is 4.30. The van der Waals surface area contributed by atoms with Crippen LogP contribution in [0.4, 0.5) is 13.2 Å². The Balaban J connectivity index is 1.52. The van der Waals surface area contributed by atoms with Crippen molar-refractivity contribution in [2.24, 2.45) is 0 Å². The van der Waals surface area contributed by atoms with E-state index in [0.29, 0.717) is 13.0 Å². The zero-order valence-corrected chi connectivity index (χ0v) is 15.9. The molecule has 0 spiro atoms. The summed E-state index contributed by atoms with van der Waals surface area (Å²) in [6, 6.07) is 12.2. The van der Waals surface area contributed by atoms with Crippen molar-refractivity contribution in [3.8, 4) is 0 Å². The number of hydrogen-bond acceptors (Lipinski definition) is 2. The summed E-state index contributed by atoms with van der Waals surface area (Å²) in [4.78, 5) is 27.5. The number of aryl methyl sites for hydroxylation is 1. The molecule has 2 unspecified atom stereocenters. The molecule has 0 radical (unpaired) electrons. The van der Waals surface area contributed by atoms with Crippen molar-refractivity contribution in [2.75, 3.05) is 6.54 Å². The van der Waals surface area contributed by atoms with E-state index in [1.165, 1.54) is 17.7 Å². The van der Waals surface area contributed by atoms with Gasteiger partial charge >= 0.3 is 6.18 Å². The summed E-state index contributed by atoms with van der Waals surface area (Å²) in [6.07, 6.45) is -2.38. The Kier molecular flexibility index (Phi) is 4.63. The normalized spacial score (nSPS) is 23.9. The predicted octanol–water partition coefficient (Wildman–Crippen LogP) is 4.11. The van der Waals surface area contributed by atoms with E-state index >= 15 is 0 Å². The van der Waals surface area contributed by atoms with E-state index in [1.807, 2.05) is 18.2 Å². The molecule has 1 saturated heterocycles. The van der Waals surface area contributed by atoms with E-state index in [0.717, 1.165) is 30.5 Å². The quantitative estimate of drug-likeness (QED) is 0.840. The van der Waals surface area contributed by atoms with Gasteiger partial charge in [-0.15, -0.1) is 0 Å². The van der Waals surface area contributed by atoms with Crippen molar-refractivity contribution < 1.29 is 22.8 Å². The Bertz CT molecular complexity index is 973. The summed E-state index contributed by atoms with van der Waals surface area (Å²) in [5.74, 6) is -0.875. The molecule has 2 aromatic rings. The second-order valence-corrected chi connectivity index (χ2v) is 7.87. The molecule has 2 aromatic carbocycles. The smallest absolute Gasteiger partial charge is 0.338 e. The number of likely N-dealkylation sites (tertiary alicyclic amines) is 1. The Hall–Kier alpha value is -2.83. The minimum atomic E-state index is -4.53. The van der Waals surface area contributed by atoms with Crippen LogP contribution in [0.15, 0.2) is 48.5 Å². The first-order chi connectivity index (χ1) is 13.7. The highest BCUT2D eigenvalue weighted by Crippen LogP contribution is 2.40. The zero-order valence-electron chi connectivity index (χ0n) is 15.9. The van der Waals surface area contributed by atoms with Gasteiger partial charge in [0.1, 0.15) is 5.54 Å². The molecule has 1 N–H and O–H groups in total. The van der Waals surface area contributed by atoms with Crippen molar-refractivity contribution in [3.05, 3.63) is 70.8 Å².